The Labute approximate surface area is 117 Å². The number of esters is 1. The lowest BCUT2D eigenvalue weighted by molar-refractivity contribution is -0.137. The van der Waals surface area contributed by atoms with Gasteiger partial charge >= 0.3 is 12.1 Å². The Hall–Kier alpha value is -2.57. The number of aromatic amines is 1. The molecule has 7 heteroatoms. The molecular formula is C14H10F3NO3. The second-order valence-electron chi connectivity index (χ2n) is 4.17. The molecule has 110 valence electrons. The Morgan fingerprint density at radius 1 is 1.19 bits per heavy atom. The molecule has 0 aliphatic carbocycles. The normalized spacial score (nSPS) is 11.2. The van der Waals surface area contributed by atoms with Gasteiger partial charge in [-0.25, -0.2) is 4.79 Å². The van der Waals surface area contributed by atoms with E-state index in [1.165, 1.54) is 18.3 Å². The van der Waals surface area contributed by atoms with Crippen LogP contribution in [0.4, 0.5) is 13.2 Å². The van der Waals surface area contributed by atoms with Crippen LogP contribution >= 0.6 is 0 Å². The quantitative estimate of drug-likeness (QED) is 0.699. The van der Waals surface area contributed by atoms with Crippen molar-refractivity contribution in [2.75, 3.05) is 7.11 Å². The Morgan fingerprint density at radius 3 is 2.48 bits per heavy atom. The first-order chi connectivity index (χ1) is 9.84. The summed E-state index contributed by atoms with van der Waals surface area (Å²) in [7, 11) is 1.16. The van der Waals surface area contributed by atoms with Crippen molar-refractivity contribution in [2.24, 2.45) is 0 Å². The highest BCUT2D eigenvalue weighted by molar-refractivity contribution is 6.10. The third-order valence-electron chi connectivity index (χ3n) is 2.83. The van der Waals surface area contributed by atoms with Crippen LogP contribution in [0.2, 0.25) is 0 Å². The van der Waals surface area contributed by atoms with E-state index < -0.39 is 29.1 Å². The van der Waals surface area contributed by atoms with Gasteiger partial charge in [0.15, 0.2) is 5.78 Å². The van der Waals surface area contributed by atoms with E-state index in [2.05, 4.69) is 9.72 Å². The first-order valence-electron chi connectivity index (χ1n) is 5.82. The predicted molar refractivity (Wildman–Crippen MR) is 67.0 cm³/mol. The summed E-state index contributed by atoms with van der Waals surface area (Å²) in [6.45, 7) is 0. The molecule has 0 amide bonds. The maximum atomic E-state index is 12.9. The van der Waals surface area contributed by atoms with E-state index in [1.807, 2.05) is 0 Å². The van der Waals surface area contributed by atoms with Crippen molar-refractivity contribution in [3.05, 3.63) is 58.9 Å². The summed E-state index contributed by atoms with van der Waals surface area (Å²) in [6, 6.07) is 5.63. The van der Waals surface area contributed by atoms with Crippen LogP contribution in [0.1, 0.15) is 32.0 Å². The van der Waals surface area contributed by atoms with Gasteiger partial charge < -0.3 is 9.72 Å². The zero-order valence-electron chi connectivity index (χ0n) is 10.8. The minimum atomic E-state index is -4.63. The van der Waals surface area contributed by atoms with E-state index in [4.69, 9.17) is 0 Å². The van der Waals surface area contributed by atoms with Gasteiger partial charge in [0, 0.05) is 17.3 Å². The molecule has 0 radical (unpaired) electrons. The summed E-state index contributed by atoms with van der Waals surface area (Å²) < 4.78 is 43.1. The molecule has 4 nitrogen and oxygen atoms in total. The van der Waals surface area contributed by atoms with Crippen molar-refractivity contribution in [2.45, 2.75) is 6.18 Å². The summed E-state index contributed by atoms with van der Waals surface area (Å²) in [4.78, 5) is 25.9. The zero-order valence-corrected chi connectivity index (χ0v) is 10.8. The van der Waals surface area contributed by atoms with Crippen molar-refractivity contribution >= 4 is 11.8 Å². The van der Waals surface area contributed by atoms with Crippen molar-refractivity contribution in [1.29, 1.82) is 0 Å². The molecule has 0 spiro atoms. The lowest BCUT2D eigenvalue weighted by Crippen LogP contribution is -2.13. The van der Waals surface area contributed by atoms with E-state index >= 15 is 0 Å². The Balaban J connectivity index is 2.42. The number of ether oxygens (including phenoxy) is 1. The number of hydrogen-bond donors (Lipinski definition) is 1. The maximum Gasteiger partial charge on any atom is 0.417 e. The van der Waals surface area contributed by atoms with Crippen LogP contribution < -0.4 is 0 Å². The lowest BCUT2D eigenvalue weighted by Gasteiger charge is -2.10. The Bertz CT molecular complexity index is 689. The minimum Gasteiger partial charge on any atom is -0.464 e. The predicted octanol–water partition coefficient (Wildman–Crippen LogP) is 3.05. The van der Waals surface area contributed by atoms with Gasteiger partial charge in [-0.3, -0.25) is 4.79 Å². The van der Waals surface area contributed by atoms with Crippen molar-refractivity contribution in [3.63, 3.8) is 0 Å². The van der Waals surface area contributed by atoms with Gasteiger partial charge in [0.2, 0.25) is 0 Å². The van der Waals surface area contributed by atoms with Crippen LogP contribution in [0.25, 0.3) is 0 Å². The van der Waals surface area contributed by atoms with Gasteiger partial charge in [-0.1, -0.05) is 18.2 Å². The number of carbonyl (C=O) groups is 2. The van der Waals surface area contributed by atoms with Gasteiger partial charge in [-0.2, -0.15) is 13.2 Å². The molecule has 1 N–H and O–H groups in total. The summed E-state index contributed by atoms with van der Waals surface area (Å²) in [5.74, 6) is -1.53. The molecular weight excluding hydrogens is 287 g/mol. The molecule has 1 aromatic carbocycles. The van der Waals surface area contributed by atoms with E-state index in [0.717, 1.165) is 25.3 Å². The van der Waals surface area contributed by atoms with Gasteiger partial charge in [0.05, 0.1) is 12.7 Å². The Morgan fingerprint density at radius 2 is 1.86 bits per heavy atom. The molecule has 21 heavy (non-hydrogen) atoms. The molecule has 0 unspecified atom stereocenters. The highest BCUT2D eigenvalue weighted by atomic mass is 19.4. The number of alkyl halides is 3. The third-order valence-corrected chi connectivity index (χ3v) is 2.83. The van der Waals surface area contributed by atoms with Crippen molar-refractivity contribution in [1.82, 2.24) is 4.98 Å². The first-order valence-corrected chi connectivity index (χ1v) is 5.82. The van der Waals surface area contributed by atoms with E-state index in [9.17, 15) is 22.8 Å². The van der Waals surface area contributed by atoms with Crippen LogP contribution in [0, 0.1) is 0 Å². The number of rotatable bonds is 3. The molecule has 0 saturated heterocycles. The summed E-state index contributed by atoms with van der Waals surface area (Å²) in [6.07, 6.45) is -3.46. The van der Waals surface area contributed by atoms with Crippen LogP contribution in [-0.4, -0.2) is 23.8 Å². The monoisotopic (exact) mass is 297 g/mol. The SMILES string of the molecule is COC(=O)c1cc(C(=O)c2ccccc2C(F)(F)F)c[nH]1. The average molecular weight is 297 g/mol. The summed E-state index contributed by atoms with van der Waals surface area (Å²) in [5.41, 5.74) is -1.55. The molecule has 0 fully saturated rings. The first kappa shape index (κ1) is 14.8. The molecule has 2 aromatic rings. The smallest absolute Gasteiger partial charge is 0.417 e. The lowest BCUT2D eigenvalue weighted by atomic mass is 9.99. The number of carbonyl (C=O) groups excluding carboxylic acids is 2. The summed E-state index contributed by atoms with van der Waals surface area (Å²) in [5, 5.41) is 0. The van der Waals surface area contributed by atoms with Gasteiger partial charge in [0.1, 0.15) is 5.69 Å². The van der Waals surface area contributed by atoms with Crippen molar-refractivity contribution in [3.8, 4) is 0 Å². The van der Waals surface area contributed by atoms with Gasteiger partial charge in [-0.15, -0.1) is 0 Å². The number of H-pyrrole nitrogens is 1. The topological polar surface area (TPSA) is 59.2 Å². The van der Waals surface area contributed by atoms with Crippen LogP contribution in [-0.2, 0) is 10.9 Å². The number of aromatic nitrogens is 1. The largest absolute Gasteiger partial charge is 0.464 e. The fourth-order valence-electron chi connectivity index (χ4n) is 1.84. The second-order valence-corrected chi connectivity index (χ2v) is 4.17. The van der Waals surface area contributed by atoms with Crippen LogP contribution in [0.15, 0.2) is 36.5 Å². The number of benzene rings is 1. The van der Waals surface area contributed by atoms with E-state index in [1.54, 1.807) is 0 Å². The van der Waals surface area contributed by atoms with E-state index in [0.29, 0.717) is 0 Å². The second kappa shape index (κ2) is 5.43. The number of ketones is 1. The summed E-state index contributed by atoms with van der Waals surface area (Å²) >= 11 is 0. The third kappa shape index (κ3) is 2.96. The van der Waals surface area contributed by atoms with E-state index in [-0.39, 0.29) is 11.3 Å². The molecule has 0 aliphatic rings. The maximum absolute atomic E-state index is 12.9. The number of hydrogen-bond acceptors (Lipinski definition) is 3. The highest BCUT2D eigenvalue weighted by Crippen LogP contribution is 2.32. The van der Waals surface area contributed by atoms with Crippen LogP contribution in [0.3, 0.4) is 0 Å². The fourth-order valence-corrected chi connectivity index (χ4v) is 1.84. The average Bonchev–Trinajstić information content (AvgIpc) is 2.94. The molecule has 0 saturated carbocycles. The standard InChI is InChI=1S/C14H10F3NO3/c1-21-13(20)11-6-8(7-18-11)12(19)9-4-2-3-5-10(9)14(15,16)17/h2-7,18H,1H3. The molecule has 1 heterocycles. The van der Waals surface area contributed by atoms with Gasteiger partial charge in [0.25, 0.3) is 0 Å². The molecule has 1 aromatic heterocycles. The zero-order chi connectivity index (χ0) is 15.6. The molecule has 0 aliphatic heterocycles. The van der Waals surface area contributed by atoms with Crippen molar-refractivity contribution < 1.29 is 27.5 Å². The van der Waals surface area contributed by atoms with Crippen LogP contribution in [0.5, 0.6) is 0 Å². The molecule has 0 bridgehead atoms. The fraction of sp³-hybridized carbons (Fsp3) is 0.143. The number of halogens is 3. The van der Waals surface area contributed by atoms with Gasteiger partial charge in [-0.05, 0) is 12.1 Å². The molecule has 0 atom stereocenters. The minimum absolute atomic E-state index is 0.00894. The Kier molecular flexibility index (Phi) is 3.84. The number of methoxy groups -OCH3 is 1. The highest BCUT2D eigenvalue weighted by Gasteiger charge is 2.35. The number of nitrogens with one attached hydrogen (secondary N) is 1. The molecule has 2 rings (SSSR count).